The number of esters is 2. The average molecular weight is 670 g/mol. The number of rotatable bonds is 8. The third kappa shape index (κ3) is 8.35. The molecule has 2 aromatic heterocycles. The van der Waals surface area contributed by atoms with Gasteiger partial charge in [0.15, 0.2) is 11.8 Å². The first kappa shape index (κ1) is 34.7. The standard InChI is InChI=1S/C31H33F2N5O6SSi/c1-17-22(32)11-21(12-23(17)33)25-15-38(37-36-25)28-29(43-19(3)40)26(16-42-18(2)39)44-31(30(28)41-4)45-27-10-20(8-9-46(5,6)7)14-35-24(27)13-34/h10-12,14-15,26,28-31H,16H2,1-7H3/t26?,28?,29-,30?,31+/m0/s1. The van der Waals surface area contributed by atoms with Gasteiger partial charge in [-0.3, -0.25) is 9.59 Å². The molecule has 3 aromatic rings. The van der Waals surface area contributed by atoms with Gasteiger partial charge in [-0.05, 0) is 25.1 Å². The largest absolute Gasteiger partial charge is 0.463 e. The van der Waals surface area contributed by atoms with E-state index in [0.717, 1.165) is 23.9 Å². The Kier molecular flexibility index (Phi) is 11.0. The molecule has 5 atom stereocenters. The lowest BCUT2D eigenvalue weighted by Crippen LogP contribution is -2.57. The van der Waals surface area contributed by atoms with E-state index in [4.69, 9.17) is 18.9 Å². The van der Waals surface area contributed by atoms with Gasteiger partial charge in [0.25, 0.3) is 0 Å². The second-order valence-electron chi connectivity index (χ2n) is 11.6. The van der Waals surface area contributed by atoms with Crippen LogP contribution in [0.4, 0.5) is 8.78 Å². The van der Waals surface area contributed by atoms with Crippen LogP contribution in [-0.4, -0.2) is 77.5 Å². The Bertz CT molecular complexity index is 1710. The van der Waals surface area contributed by atoms with E-state index in [1.807, 2.05) is 0 Å². The van der Waals surface area contributed by atoms with E-state index in [1.54, 1.807) is 6.07 Å². The zero-order chi connectivity index (χ0) is 33.8. The minimum Gasteiger partial charge on any atom is -0.463 e. The van der Waals surface area contributed by atoms with Gasteiger partial charge in [0.1, 0.15) is 61.8 Å². The zero-order valence-corrected chi connectivity index (χ0v) is 28.1. The summed E-state index contributed by atoms with van der Waals surface area (Å²) >= 11 is 1.13. The van der Waals surface area contributed by atoms with Crippen molar-refractivity contribution >= 4 is 31.8 Å². The van der Waals surface area contributed by atoms with E-state index >= 15 is 0 Å². The van der Waals surface area contributed by atoms with Crippen LogP contribution in [0.3, 0.4) is 0 Å². The second-order valence-corrected chi connectivity index (χ2v) is 17.4. The summed E-state index contributed by atoms with van der Waals surface area (Å²) < 4.78 is 53.4. The maximum atomic E-state index is 14.4. The van der Waals surface area contributed by atoms with Crippen molar-refractivity contribution in [1.29, 1.82) is 5.26 Å². The van der Waals surface area contributed by atoms with Crippen molar-refractivity contribution in [3.8, 4) is 28.8 Å². The summed E-state index contributed by atoms with van der Waals surface area (Å²) in [6.07, 6.45) is -0.0600. The number of methoxy groups -OCH3 is 1. The van der Waals surface area contributed by atoms with Gasteiger partial charge >= 0.3 is 11.9 Å². The van der Waals surface area contributed by atoms with Gasteiger partial charge in [0.2, 0.25) is 0 Å². The Morgan fingerprint density at radius 3 is 2.41 bits per heavy atom. The zero-order valence-electron chi connectivity index (χ0n) is 26.3. The van der Waals surface area contributed by atoms with Crippen LogP contribution in [0.2, 0.25) is 19.6 Å². The smallest absolute Gasteiger partial charge is 0.303 e. The molecule has 0 N–H and O–H groups in total. The van der Waals surface area contributed by atoms with Crippen molar-refractivity contribution in [1.82, 2.24) is 20.0 Å². The van der Waals surface area contributed by atoms with Crippen LogP contribution >= 0.6 is 11.8 Å². The average Bonchev–Trinajstić information content (AvgIpc) is 3.47. The lowest BCUT2D eigenvalue weighted by molar-refractivity contribution is -0.208. The number of carbonyl (C=O) groups is 2. The highest BCUT2D eigenvalue weighted by atomic mass is 32.2. The molecule has 0 radical (unpaired) electrons. The fourth-order valence-electron chi connectivity index (χ4n) is 4.63. The first-order valence-electron chi connectivity index (χ1n) is 14.2. The highest BCUT2D eigenvalue weighted by Crippen LogP contribution is 2.42. The van der Waals surface area contributed by atoms with E-state index in [1.165, 1.54) is 45.0 Å². The number of ether oxygens (including phenoxy) is 4. The summed E-state index contributed by atoms with van der Waals surface area (Å²) in [5, 5.41) is 18.2. The molecular formula is C31H33F2N5O6SSi. The van der Waals surface area contributed by atoms with Gasteiger partial charge in [-0.1, -0.05) is 42.5 Å². The molecule has 1 aromatic carbocycles. The number of hydrogen-bond acceptors (Lipinski definition) is 11. The Morgan fingerprint density at radius 1 is 1.13 bits per heavy atom. The lowest BCUT2D eigenvalue weighted by Gasteiger charge is -2.44. The summed E-state index contributed by atoms with van der Waals surface area (Å²) in [7, 11) is -0.287. The molecule has 1 saturated heterocycles. The number of halogens is 2. The van der Waals surface area contributed by atoms with Crippen molar-refractivity contribution in [3.05, 3.63) is 59.0 Å². The number of thioether (sulfide) groups is 1. The number of carbonyl (C=O) groups excluding carboxylic acids is 2. The van der Waals surface area contributed by atoms with Crippen LogP contribution in [-0.2, 0) is 28.5 Å². The number of hydrogen-bond donors (Lipinski definition) is 0. The maximum absolute atomic E-state index is 14.4. The number of benzene rings is 1. The van der Waals surface area contributed by atoms with Crippen LogP contribution < -0.4 is 0 Å². The van der Waals surface area contributed by atoms with E-state index in [-0.39, 0.29) is 29.1 Å². The highest BCUT2D eigenvalue weighted by Gasteiger charge is 2.51. The quantitative estimate of drug-likeness (QED) is 0.189. The van der Waals surface area contributed by atoms with Gasteiger partial charge in [-0.15, -0.1) is 10.6 Å². The summed E-state index contributed by atoms with van der Waals surface area (Å²) in [6.45, 7) is 9.79. The molecule has 0 bridgehead atoms. The lowest BCUT2D eigenvalue weighted by atomic mass is 9.96. The Hall–Kier alpha value is -4.15. The van der Waals surface area contributed by atoms with Crippen molar-refractivity contribution in [3.63, 3.8) is 0 Å². The Labute approximate surface area is 270 Å². The molecule has 0 saturated carbocycles. The third-order valence-electron chi connectivity index (χ3n) is 6.82. The molecule has 1 fully saturated rings. The highest BCUT2D eigenvalue weighted by molar-refractivity contribution is 7.99. The molecular weight excluding hydrogens is 637 g/mol. The van der Waals surface area contributed by atoms with Gasteiger partial charge < -0.3 is 18.9 Å². The minimum absolute atomic E-state index is 0.128. The molecule has 0 aliphatic carbocycles. The molecule has 242 valence electrons. The van der Waals surface area contributed by atoms with Gasteiger partial charge in [0, 0.05) is 48.7 Å². The first-order chi connectivity index (χ1) is 21.7. The number of nitrogens with zero attached hydrogens (tertiary/aromatic N) is 5. The van der Waals surface area contributed by atoms with Gasteiger partial charge in [0.05, 0.1) is 6.20 Å². The maximum Gasteiger partial charge on any atom is 0.303 e. The minimum atomic E-state index is -1.71. The number of nitriles is 1. The van der Waals surface area contributed by atoms with Gasteiger partial charge in [-0.2, -0.15) is 5.26 Å². The van der Waals surface area contributed by atoms with Crippen LogP contribution in [0.1, 0.15) is 36.7 Å². The predicted octanol–water partition coefficient (Wildman–Crippen LogP) is 4.60. The molecule has 1 aliphatic heterocycles. The van der Waals surface area contributed by atoms with Crippen LogP contribution in [0.15, 0.2) is 35.5 Å². The molecule has 3 heterocycles. The number of aromatic nitrogens is 4. The van der Waals surface area contributed by atoms with Crippen molar-refractivity contribution in [2.24, 2.45) is 0 Å². The topological polar surface area (TPSA) is 138 Å². The van der Waals surface area contributed by atoms with Crippen molar-refractivity contribution < 1.29 is 37.3 Å². The summed E-state index contributed by atoms with van der Waals surface area (Å²) in [5.74, 6) is 0.397. The fraction of sp³-hybridized carbons (Fsp3) is 0.419. The normalized spacial score (nSPS) is 21.1. The van der Waals surface area contributed by atoms with E-state index in [9.17, 15) is 23.6 Å². The summed E-state index contributed by atoms with van der Waals surface area (Å²) in [4.78, 5) is 28.9. The van der Waals surface area contributed by atoms with E-state index in [2.05, 4.69) is 52.5 Å². The Morgan fingerprint density at radius 2 is 1.83 bits per heavy atom. The second kappa shape index (κ2) is 14.5. The van der Waals surface area contributed by atoms with Gasteiger partial charge in [-0.25, -0.2) is 18.4 Å². The molecule has 11 nitrogen and oxygen atoms in total. The van der Waals surface area contributed by atoms with Crippen LogP contribution in [0.25, 0.3) is 11.3 Å². The van der Waals surface area contributed by atoms with Crippen LogP contribution in [0.5, 0.6) is 0 Å². The Balaban J connectivity index is 1.80. The molecule has 0 spiro atoms. The molecule has 4 rings (SSSR count). The summed E-state index contributed by atoms with van der Waals surface area (Å²) in [6, 6.07) is 5.18. The monoisotopic (exact) mass is 669 g/mol. The van der Waals surface area contributed by atoms with Crippen molar-refractivity contribution in [2.75, 3.05) is 13.7 Å². The SMILES string of the molecule is COC1C(n2cc(-c3cc(F)c(C)c(F)c3)nn2)[C@@H](OC(C)=O)C(COC(C)=O)O[C@@H]1Sc1cc(C#C[Si](C)(C)C)cnc1C#N. The molecule has 0 amide bonds. The molecule has 1 aliphatic rings. The molecule has 15 heteroatoms. The van der Waals surface area contributed by atoms with E-state index in [0.29, 0.717) is 10.5 Å². The third-order valence-corrected chi connectivity index (χ3v) is 8.87. The van der Waals surface area contributed by atoms with Crippen molar-refractivity contribution in [2.45, 2.75) is 75.1 Å². The number of pyridine rings is 1. The molecule has 46 heavy (non-hydrogen) atoms. The fourth-order valence-corrected chi connectivity index (χ4v) is 6.41. The summed E-state index contributed by atoms with van der Waals surface area (Å²) in [5.41, 5.74) is 3.27. The predicted molar refractivity (Wildman–Crippen MR) is 166 cm³/mol. The van der Waals surface area contributed by atoms with E-state index < -0.39 is 61.4 Å². The van der Waals surface area contributed by atoms with Crippen LogP contribution in [0, 0.1) is 41.4 Å². The first-order valence-corrected chi connectivity index (χ1v) is 18.6. The molecule has 3 unspecified atom stereocenters.